The second kappa shape index (κ2) is 15.2. The van der Waals surface area contributed by atoms with Crippen LogP contribution in [0, 0.1) is 12.8 Å². The minimum Gasteiger partial charge on any atom is -0.493 e. The molecule has 5 rings (SSSR count). The highest BCUT2D eigenvalue weighted by atomic mass is 16.5. The first-order chi connectivity index (χ1) is 22.3. The van der Waals surface area contributed by atoms with Crippen LogP contribution in [0.4, 0.5) is 17.1 Å². The number of para-hydroxylation sites is 1. The molecule has 0 unspecified atom stereocenters. The van der Waals surface area contributed by atoms with Gasteiger partial charge in [-0.1, -0.05) is 24.3 Å². The van der Waals surface area contributed by atoms with Crippen molar-refractivity contribution in [2.24, 2.45) is 5.92 Å². The van der Waals surface area contributed by atoms with Gasteiger partial charge in [-0.05, 0) is 64.2 Å². The Bertz CT molecular complexity index is 1480. The van der Waals surface area contributed by atoms with Gasteiger partial charge in [0.15, 0.2) is 0 Å². The van der Waals surface area contributed by atoms with Gasteiger partial charge in [0.2, 0.25) is 11.8 Å². The molecule has 4 amide bonds. The molecule has 2 aromatic rings. The zero-order valence-corrected chi connectivity index (χ0v) is 27.2. The SMILES string of the molecule is C/C=C(\NC(=O)C1CC1)C(=O)Nc1cc(C(=O)NCCCN2CCCC2=O)c(OCC)cc1N1CCN(c2ccccc2C)CC1. The summed E-state index contributed by atoms with van der Waals surface area (Å²) in [6.45, 7) is 10.8. The highest BCUT2D eigenvalue weighted by Crippen LogP contribution is 2.36. The molecule has 0 aromatic heterocycles. The number of hydrogen-bond donors (Lipinski definition) is 3. The van der Waals surface area contributed by atoms with E-state index in [0.29, 0.717) is 62.6 Å². The topological polar surface area (TPSA) is 123 Å². The van der Waals surface area contributed by atoms with Gasteiger partial charge in [-0.3, -0.25) is 19.2 Å². The van der Waals surface area contributed by atoms with E-state index >= 15 is 0 Å². The first-order valence-corrected chi connectivity index (χ1v) is 16.5. The fourth-order valence-corrected chi connectivity index (χ4v) is 6.03. The number of nitrogens with one attached hydrogen (secondary N) is 3. The average molecular weight is 631 g/mol. The van der Waals surface area contributed by atoms with E-state index < -0.39 is 5.91 Å². The third-order valence-electron chi connectivity index (χ3n) is 8.77. The van der Waals surface area contributed by atoms with Crippen molar-refractivity contribution >= 4 is 40.7 Å². The number of ether oxygens (including phenoxy) is 1. The number of piperazine rings is 1. The van der Waals surface area contributed by atoms with Crippen molar-refractivity contribution in [3.05, 3.63) is 59.3 Å². The van der Waals surface area contributed by atoms with Crippen LogP contribution in [0.15, 0.2) is 48.2 Å². The molecule has 3 fully saturated rings. The molecule has 3 N–H and O–H groups in total. The Morgan fingerprint density at radius 3 is 2.35 bits per heavy atom. The molecule has 246 valence electrons. The Hall–Kier alpha value is -4.54. The molecule has 0 atom stereocenters. The summed E-state index contributed by atoms with van der Waals surface area (Å²) in [4.78, 5) is 57.8. The second-order valence-corrected chi connectivity index (χ2v) is 12.1. The van der Waals surface area contributed by atoms with Crippen molar-refractivity contribution < 1.29 is 23.9 Å². The van der Waals surface area contributed by atoms with E-state index in [9.17, 15) is 19.2 Å². The van der Waals surface area contributed by atoms with Gasteiger partial charge in [-0.15, -0.1) is 0 Å². The van der Waals surface area contributed by atoms with Gasteiger partial charge in [0.1, 0.15) is 11.4 Å². The van der Waals surface area contributed by atoms with Crippen LogP contribution in [-0.2, 0) is 14.4 Å². The normalized spacial score (nSPS) is 16.8. The molecule has 1 aliphatic carbocycles. The number of aryl methyl sites for hydroxylation is 1. The number of allylic oxidation sites excluding steroid dienone is 1. The third-order valence-corrected chi connectivity index (χ3v) is 8.77. The lowest BCUT2D eigenvalue weighted by Gasteiger charge is -2.39. The standard InChI is InChI=1S/C35H46N6O5/c1-4-27(37-33(43)25-13-14-25)35(45)38-28-22-26(34(44)36-15-9-17-41-16-8-12-32(41)42)31(46-5-2)23-30(28)40-20-18-39(19-21-40)29-11-7-6-10-24(29)3/h4,6-7,10-11,22-23,25H,5,8-9,12-21H2,1-3H3,(H,36,44)(H,37,43)(H,38,45)/b27-4-. The summed E-state index contributed by atoms with van der Waals surface area (Å²) >= 11 is 0. The largest absolute Gasteiger partial charge is 0.493 e. The van der Waals surface area contributed by atoms with Crippen LogP contribution in [0.2, 0.25) is 0 Å². The predicted molar refractivity (Wildman–Crippen MR) is 179 cm³/mol. The van der Waals surface area contributed by atoms with Crippen molar-refractivity contribution in [2.75, 3.05) is 67.5 Å². The van der Waals surface area contributed by atoms with E-state index in [0.717, 1.165) is 44.6 Å². The summed E-state index contributed by atoms with van der Waals surface area (Å²) in [7, 11) is 0. The minimum atomic E-state index is -0.456. The average Bonchev–Trinajstić information content (AvgIpc) is 3.84. The van der Waals surface area contributed by atoms with Crippen molar-refractivity contribution in [3.8, 4) is 5.75 Å². The third kappa shape index (κ3) is 7.99. The van der Waals surface area contributed by atoms with Crippen molar-refractivity contribution in [1.29, 1.82) is 0 Å². The molecular weight excluding hydrogens is 584 g/mol. The Morgan fingerprint density at radius 2 is 1.72 bits per heavy atom. The molecule has 0 radical (unpaired) electrons. The fourth-order valence-electron chi connectivity index (χ4n) is 6.03. The molecule has 11 nitrogen and oxygen atoms in total. The molecule has 2 aromatic carbocycles. The van der Waals surface area contributed by atoms with Gasteiger partial charge >= 0.3 is 0 Å². The Morgan fingerprint density at radius 1 is 1.00 bits per heavy atom. The van der Waals surface area contributed by atoms with E-state index in [4.69, 9.17) is 4.74 Å². The number of carbonyl (C=O) groups is 4. The van der Waals surface area contributed by atoms with Gasteiger partial charge in [0.25, 0.3) is 11.8 Å². The number of benzene rings is 2. The Balaban J connectivity index is 1.37. The summed E-state index contributed by atoms with van der Waals surface area (Å²) in [6, 6.07) is 11.8. The van der Waals surface area contributed by atoms with Gasteiger partial charge in [0.05, 0.1) is 23.5 Å². The summed E-state index contributed by atoms with van der Waals surface area (Å²) in [5.41, 5.74) is 4.11. The summed E-state index contributed by atoms with van der Waals surface area (Å²) in [5.74, 6) is -0.393. The molecule has 46 heavy (non-hydrogen) atoms. The molecule has 1 saturated carbocycles. The zero-order chi connectivity index (χ0) is 32.6. The van der Waals surface area contributed by atoms with E-state index in [1.807, 2.05) is 30.0 Å². The summed E-state index contributed by atoms with van der Waals surface area (Å²) < 4.78 is 5.98. The van der Waals surface area contributed by atoms with Crippen LogP contribution in [0.25, 0.3) is 0 Å². The predicted octanol–water partition coefficient (Wildman–Crippen LogP) is 3.83. The molecule has 0 spiro atoms. The fraction of sp³-hybridized carbons (Fsp3) is 0.486. The maximum absolute atomic E-state index is 13.5. The minimum absolute atomic E-state index is 0.0489. The Kier molecular flexibility index (Phi) is 10.8. The number of carbonyl (C=O) groups excluding carboxylic acids is 4. The highest BCUT2D eigenvalue weighted by Gasteiger charge is 2.31. The van der Waals surface area contributed by atoms with Crippen LogP contribution < -0.4 is 30.5 Å². The van der Waals surface area contributed by atoms with Crippen LogP contribution >= 0.6 is 0 Å². The lowest BCUT2D eigenvalue weighted by Crippen LogP contribution is -2.47. The monoisotopic (exact) mass is 630 g/mol. The number of nitrogens with zero attached hydrogens (tertiary/aromatic N) is 3. The van der Waals surface area contributed by atoms with Crippen LogP contribution in [0.3, 0.4) is 0 Å². The second-order valence-electron chi connectivity index (χ2n) is 12.1. The number of anilines is 3. The summed E-state index contributed by atoms with van der Waals surface area (Å²) in [6.07, 6.45) is 5.35. The smallest absolute Gasteiger partial charge is 0.271 e. The lowest BCUT2D eigenvalue weighted by molar-refractivity contribution is -0.127. The maximum Gasteiger partial charge on any atom is 0.271 e. The quantitative estimate of drug-likeness (QED) is 0.227. The number of amides is 4. The van der Waals surface area contributed by atoms with Gasteiger partial charge in [-0.2, -0.15) is 0 Å². The first-order valence-electron chi connectivity index (χ1n) is 16.5. The molecule has 2 heterocycles. The Labute approximate surface area is 271 Å². The van der Waals surface area contributed by atoms with E-state index in [1.165, 1.54) is 11.3 Å². The first kappa shape index (κ1) is 32.8. The summed E-state index contributed by atoms with van der Waals surface area (Å²) in [5, 5.41) is 8.72. The number of likely N-dealkylation sites (tertiary alicyclic amines) is 1. The zero-order valence-electron chi connectivity index (χ0n) is 27.2. The molecule has 2 aliphatic heterocycles. The maximum atomic E-state index is 13.5. The van der Waals surface area contributed by atoms with Crippen LogP contribution in [0.1, 0.15) is 61.9 Å². The van der Waals surface area contributed by atoms with Gasteiger partial charge in [0, 0.05) is 69.9 Å². The molecule has 11 heteroatoms. The van der Waals surface area contributed by atoms with Crippen molar-refractivity contribution in [1.82, 2.24) is 15.5 Å². The van der Waals surface area contributed by atoms with Gasteiger partial charge < -0.3 is 35.4 Å². The number of hydrogen-bond acceptors (Lipinski definition) is 7. The van der Waals surface area contributed by atoms with Crippen LogP contribution in [-0.4, -0.2) is 80.9 Å². The molecule has 3 aliphatic rings. The van der Waals surface area contributed by atoms with E-state index in [2.05, 4.69) is 44.8 Å². The highest BCUT2D eigenvalue weighted by molar-refractivity contribution is 6.09. The van der Waals surface area contributed by atoms with Crippen LogP contribution in [0.5, 0.6) is 5.75 Å². The van der Waals surface area contributed by atoms with Crippen molar-refractivity contribution in [2.45, 2.75) is 52.9 Å². The number of rotatable bonds is 13. The lowest BCUT2D eigenvalue weighted by atomic mass is 10.1. The van der Waals surface area contributed by atoms with E-state index in [1.54, 1.807) is 19.1 Å². The molecular formula is C35H46N6O5. The molecule has 2 saturated heterocycles. The molecule has 0 bridgehead atoms. The van der Waals surface area contributed by atoms with E-state index in [-0.39, 0.29) is 29.3 Å². The van der Waals surface area contributed by atoms with Crippen molar-refractivity contribution in [3.63, 3.8) is 0 Å². The van der Waals surface area contributed by atoms with Gasteiger partial charge in [-0.25, -0.2) is 0 Å².